The highest BCUT2D eigenvalue weighted by atomic mass is 16.4. The Bertz CT molecular complexity index is 211. The van der Waals surface area contributed by atoms with Gasteiger partial charge in [-0.3, -0.25) is 10.1 Å². The molecule has 1 rings (SSSR count). The fraction of sp³-hybridized carbons (Fsp3) is 0.667. The molecule has 0 saturated heterocycles. The molecule has 12 heavy (non-hydrogen) atoms. The zero-order valence-corrected chi connectivity index (χ0v) is 6.97. The van der Waals surface area contributed by atoms with E-state index in [0.717, 1.165) is 12.8 Å². The van der Waals surface area contributed by atoms with E-state index in [2.05, 4.69) is 11.2 Å². The maximum atomic E-state index is 10.9. The van der Waals surface area contributed by atoms with Gasteiger partial charge in [-0.2, -0.15) is 0 Å². The quantitative estimate of drug-likeness (QED) is 0.605. The number of carbonyl (C=O) groups is 1. The van der Waals surface area contributed by atoms with Gasteiger partial charge in [0.25, 0.3) is 0 Å². The predicted molar refractivity (Wildman–Crippen MR) is 45.7 cm³/mol. The van der Waals surface area contributed by atoms with Crippen LogP contribution < -0.4 is 5.32 Å². The van der Waals surface area contributed by atoms with E-state index in [0.29, 0.717) is 19.4 Å². The van der Waals surface area contributed by atoms with Crippen LogP contribution in [0.25, 0.3) is 0 Å². The summed E-state index contributed by atoms with van der Waals surface area (Å²) in [6, 6.07) is 0. The Kier molecular flexibility index (Phi) is 2.72. The third-order valence-electron chi connectivity index (χ3n) is 2.40. The van der Waals surface area contributed by atoms with Gasteiger partial charge >= 0.3 is 5.97 Å². The Morgan fingerprint density at radius 2 is 2.17 bits per heavy atom. The Balaban J connectivity index is 2.60. The summed E-state index contributed by atoms with van der Waals surface area (Å²) in [5, 5.41) is 11.9. The molecule has 0 spiro atoms. The summed E-state index contributed by atoms with van der Waals surface area (Å²) in [5.41, 5.74) is -0.730. The molecular weight excluding hydrogens is 154 g/mol. The zero-order chi connectivity index (χ0) is 9.03. The van der Waals surface area contributed by atoms with Crippen LogP contribution in [0, 0.1) is 12.3 Å². The lowest BCUT2D eigenvalue weighted by Crippen LogP contribution is -2.49. The van der Waals surface area contributed by atoms with Gasteiger partial charge in [0.15, 0.2) is 0 Å². The monoisotopic (exact) mass is 167 g/mol. The van der Waals surface area contributed by atoms with Crippen molar-refractivity contribution in [1.29, 1.82) is 0 Å². The number of carboxylic acids is 1. The van der Waals surface area contributed by atoms with Gasteiger partial charge in [0.2, 0.25) is 0 Å². The van der Waals surface area contributed by atoms with Crippen molar-refractivity contribution in [2.75, 3.05) is 6.54 Å². The molecule has 1 aliphatic rings. The lowest BCUT2D eigenvalue weighted by Gasteiger charge is -2.23. The van der Waals surface area contributed by atoms with Crippen LogP contribution in [0.3, 0.4) is 0 Å². The normalized spacial score (nSPS) is 20.2. The summed E-state index contributed by atoms with van der Waals surface area (Å²) in [7, 11) is 0. The highest BCUT2D eigenvalue weighted by Crippen LogP contribution is 2.29. The van der Waals surface area contributed by atoms with Gasteiger partial charge in [-0.05, 0) is 12.8 Å². The molecule has 0 heterocycles. The molecule has 0 aromatic heterocycles. The Labute approximate surface area is 72.2 Å². The largest absolute Gasteiger partial charge is 0.480 e. The summed E-state index contributed by atoms with van der Waals surface area (Å²) in [6.07, 6.45) is 8.41. The number of carboxylic acid groups (broad SMARTS) is 1. The van der Waals surface area contributed by atoms with E-state index in [4.69, 9.17) is 11.5 Å². The molecule has 0 unspecified atom stereocenters. The van der Waals surface area contributed by atoms with Crippen molar-refractivity contribution < 1.29 is 9.90 Å². The van der Waals surface area contributed by atoms with Crippen LogP contribution in [0.4, 0.5) is 0 Å². The van der Waals surface area contributed by atoms with Crippen LogP contribution in [-0.2, 0) is 4.79 Å². The number of hydrogen-bond acceptors (Lipinski definition) is 2. The summed E-state index contributed by atoms with van der Waals surface area (Å²) in [5.74, 6) is 1.63. The molecule has 3 heteroatoms. The first-order chi connectivity index (χ1) is 5.71. The molecule has 66 valence electrons. The predicted octanol–water partition coefficient (Wildman–Crippen LogP) is 0.607. The van der Waals surface area contributed by atoms with E-state index in [-0.39, 0.29) is 0 Å². The Morgan fingerprint density at radius 3 is 2.58 bits per heavy atom. The molecule has 0 radical (unpaired) electrons. The van der Waals surface area contributed by atoms with E-state index in [1.54, 1.807) is 0 Å². The van der Waals surface area contributed by atoms with Crippen LogP contribution in [0.2, 0.25) is 0 Å². The van der Waals surface area contributed by atoms with Crippen LogP contribution in [0.5, 0.6) is 0 Å². The van der Waals surface area contributed by atoms with Crippen molar-refractivity contribution in [2.45, 2.75) is 31.2 Å². The second-order valence-electron chi connectivity index (χ2n) is 3.15. The molecule has 3 nitrogen and oxygen atoms in total. The number of aliphatic carboxylic acids is 1. The van der Waals surface area contributed by atoms with Gasteiger partial charge in [0.1, 0.15) is 5.54 Å². The first kappa shape index (κ1) is 9.08. The topological polar surface area (TPSA) is 49.3 Å². The standard InChI is InChI=1S/C9H13NO2/c1-2-7-10-9(8(11)12)5-3-4-6-9/h1,10H,3-7H2,(H,11,12). The number of rotatable bonds is 3. The van der Waals surface area contributed by atoms with E-state index in [9.17, 15) is 4.79 Å². The number of nitrogens with one attached hydrogen (secondary N) is 1. The lowest BCUT2D eigenvalue weighted by atomic mass is 9.98. The lowest BCUT2D eigenvalue weighted by molar-refractivity contribution is -0.144. The van der Waals surface area contributed by atoms with Crippen molar-refractivity contribution in [3.05, 3.63) is 0 Å². The van der Waals surface area contributed by atoms with E-state index >= 15 is 0 Å². The minimum Gasteiger partial charge on any atom is -0.480 e. The third kappa shape index (κ3) is 1.59. The van der Waals surface area contributed by atoms with E-state index in [1.165, 1.54) is 0 Å². The van der Waals surface area contributed by atoms with Gasteiger partial charge in [0.05, 0.1) is 6.54 Å². The molecule has 1 aliphatic carbocycles. The zero-order valence-electron chi connectivity index (χ0n) is 6.97. The summed E-state index contributed by atoms with van der Waals surface area (Å²) in [6.45, 7) is 0.340. The van der Waals surface area contributed by atoms with Crippen molar-refractivity contribution in [3.63, 3.8) is 0 Å². The van der Waals surface area contributed by atoms with Gasteiger partial charge in [-0.15, -0.1) is 6.42 Å². The molecule has 2 N–H and O–H groups in total. The Hall–Kier alpha value is -1.01. The van der Waals surface area contributed by atoms with Crippen molar-refractivity contribution in [1.82, 2.24) is 5.32 Å². The Morgan fingerprint density at radius 1 is 1.58 bits per heavy atom. The van der Waals surface area contributed by atoms with Crippen LogP contribution in [0.1, 0.15) is 25.7 Å². The van der Waals surface area contributed by atoms with Gasteiger partial charge in [0, 0.05) is 0 Å². The highest BCUT2D eigenvalue weighted by molar-refractivity contribution is 5.79. The summed E-state index contributed by atoms with van der Waals surface area (Å²) < 4.78 is 0. The number of terminal acetylenes is 1. The molecule has 1 saturated carbocycles. The van der Waals surface area contributed by atoms with E-state index in [1.807, 2.05) is 0 Å². The summed E-state index contributed by atoms with van der Waals surface area (Å²) in [4.78, 5) is 10.9. The average molecular weight is 167 g/mol. The minimum atomic E-state index is -0.768. The van der Waals surface area contributed by atoms with Gasteiger partial charge < -0.3 is 5.11 Å². The van der Waals surface area contributed by atoms with Crippen LogP contribution in [-0.4, -0.2) is 23.2 Å². The fourth-order valence-corrected chi connectivity index (χ4v) is 1.67. The van der Waals surface area contributed by atoms with Gasteiger partial charge in [-0.1, -0.05) is 18.8 Å². The molecule has 0 atom stereocenters. The van der Waals surface area contributed by atoms with Crippen LogP contribution >= 0.6 is 0 Å². The van der Waals surface area contributed by atoms with Crippen LogP contribution in [0.15, 0.2) is 0 Å². The first-order valence-electron chi connectivity index (χ1n) is 4.13. The third-order valence-corrected chi connectivity index (χ3v) is 2.40. The van der Waals surface area contributed by atoms with E-state index < -0.39 is 11.5 Å². The molecule has 1 fully saturated rings. The minimum absolute atomic E-state index is 0.340. The molecular formula is C9H13NO2. The fourth-order valence-electron chi connectivity index (χ4n) is 1.67. The SMILES string of the molecule is C#CCNC1(C(=O)O)CCCC1. The smallest absolute Gasteiger partial charge is 0.323 e. The van der Waals surface area contributed by atoms with Crippen molar-refractivity contribution in [2.24, 2.45) is 0 Å². The molecule has 0 aliphatic heterocycles. The molecule has 0 aromatic rings. The van der Waals surface area contributed by atoms with Gasteiger partial charge in [-0.25, -0.2) is 0 Å². The molecule has 0 amide bonds. The first-order valence-corrected chi connectivity index (χ1v) is 4.13. The number of hydrogen-bond donors (Lipinski definition) is 2. The molecule has 0 aromatic carbocycles. The second kappa shape index (κ2) is 3.59. The average Bonchev–Trinajstić information content (AvgIpc) is 2.50. The summed E-state index contributed by atoms with van der Waals surface area (Å²) >= 11 is 0. The van der Waals surface area contributed by atoms with Crippen molar-refractivity contribution >= 4 is 5.97 Å². The molecule has 0 bridgehead atoms. The van der Waals surface area contributed by atoms with Crippen molar-refractivity contribution in [3.8, 4) is 12.3 Å². The maximum absolute atomic E-state index is 10.9. The second-order valence-corrected chi connectivity index (χ2v) is 3.15. The highest BCUT2D eigenvalue weighted by Gasteiger charge is 2.40. The maximum Gasteiger partial charge on any atom is 0.323 e.